The van der Waals surface area contributed by atoms with Gasteiger partial charge in [-0.05, 0) is 38.8 Å². The number of ketones is 1. The highest BCUT2D eigenvalue weighted by Crippen LogP contribution is 2.33. The molecule has 0 spiro atoms. The van der Waals surface area contributed by atoms with Crippen LogP contribution in [0.5, 0.6) is 0 Å². The molecule has 1 amide bonds. The molecule has 0 saturated heterocycles. The first kappa shape index (κ1) is 22.0. The molecule has 150 valence electrons. The molecule has 1 atom stereocenters. The molecule has 0 aromatic heterocycles. The molecule has 2 rings (SSSR count). The van der Waals surface area contributed by atoms with Crippen LogP contribution in [-0.4, -0.2) is 47.0 Å². The molecule has 1 fully saturated rings. The second-order valence-electron chi connectivity index (χ2n) is 7.14. The fourth-order valence-electron chi connectivity index (χ4n) is 3.36. The maximum atomic E-state index is 12.8. The van der Waals surface area contributed by atoms with Gasteiger partial charge in [0.2, 0.25) is 0 Å². The van der Waals surface area contributed by atoms with E-state index in [9.17, 15) is 19.6 Å². The van der Waals surface area contributed by atoms with Crippen molar-refractivity contribution in [2.75, 3.05) is 12.8 Å². The Bertz CT molecular complexity index is 781. The Morgan fingerprint density at radius 2 is 1.89 bits per heavy atom. The highest BCUT2D eigenvalue weighted by Gasteiger charge is 2.40. The van der Waals surface area contributed by atoms with Gasteiger partial charge in [-0.25, -0.2) is 4.79 Å². The van der Waals surface area contributed by atoms with E-state index in [-0.39, 0.29) is 17.4 Å². The van der Waals surface area contributed by atoms with E-state index in [0.29, 0.717) is 23.3 Å². The van der Waals surface area contributed by atoms with Gasteiger partial charge in [0.25, 0.3) is 5.91 Å². The number of hydrogen-bond donors (Lipinski definition) is 0. The minimum absolute atomic E-state index is 0.00706. The van der Waals surface area contributed by atoms with E-state index >= 15 is 0 Å². The Morgan fingerprint density at radius 3 is 2.50 bits per heavy atom. The van der Waals surface area contributed by atoms with Crippen LogP contribution >= 0.6 is 11.8 Å². The molecule has 28 heavy (non-hydrogen) atoms. The molecule has 1 saturated carbocycles. The summed E-state index contributed by atoms with van der Waals surface area (Å²) in [5.74, 6) is -0.736. The van der Waals surface area contributed by atoms with Crippen LogP contribution in [0.15, 0.2) is 29.2 Å². The summed E-state index contributed by atoms with van der Waals surface area (Å²) in [6, 6.07) is 9.15. The van der Waals surface area contributed by atoms with Crippen molar-refractivity contribution in [2.24, 2.45) is 0 Å². The average Bonchev–Trinajstić information content (AvgIpc) is 2.71. The first-order chi connectivity index (χ1) is 13.3. The molecule has 0 bridgehead atoms. The SMILES string of the molecule is CC(=O)CSc1ccccc1C(=O)O[C@H](C)C(=O)N(C)C1(C#N)CCCCC1. The monoisotopic (exact) mass is 402 g/mol. The smallest absolute Gasteiger partial charge is 0.340 e. The molecule has 0 heterocycles. The van der Waals surface area contributed by atoms with Gasteiger partial charge in [-0.2, -0.15) is 5.26 Å². The Balaban J connectivity index is 2.09. The number of benzene rings is 1. The molecule has 6 nitrogen and oxygen atoms in total. The first-order valence-corrected chi connectivity index (χ1v) is 10.4. The van der Waals surface area contributed by atoms with Crippen LogP contribution in [0.2, 0.25) is 0 Å². The second kappa shape index (κ2) is 9.74. The van der Waals surface area contributed by atoms with E-state index in [1.807, 2.05) is 0 Å². The highest BCUT2D eigenvalue weighted by molar-refractivity contribution is 8.00. The van der Waals surface area contributed by atoms with Crippen LogP contribution in [0.3, 0.4) is 0 Å². The number of esters is 1. The van der Waals surface area contributed by atoms with Gasteiger partial charge >= 0.3 is 5.97 Å². The van der Waals surface area contributed by atoms with Crippen LogP contribution in [0.1, 0.15) is 56.3 Å². The third-order valence-corrected chi connectivity index (χ3v) is 6.25. The Hall–Kier alpha value is -2.33. The molecular formula is C21H26N2O4S. The zero-order chi connectivity index (χ0) is 20.7. The van der Waals surface area contributed by atoms with Crippen molar-refractivity contribution in [3.8, 4) is 6.07 Å². The summed E-state index contributed by atoms with van der Waals surface area (Å²) in [7, 11) is 1.61. The molecule has 1 aliphatic carbocycles. The number of ether oxygens (including phenoxy) is 1. The Labute approximate surface area is 170 Å². The highest BCUT2D eigenvalue weighted by atomic mass is 32.2. The van der Waals surface area contributed by atoms with Crippen molar-refractivity contribution in [1.82, 2.24) is 4.90 Å². The molecule has 0 radical (unpaired) electrons. The molecule has 0 aliphatic heterocycles. The molecule has 0 unspecified atom stereocenters. The van der Waals surface area contributed by atoms with Gasteiger partial charge in [0.15, 0.2) is 6.10 Å². The van der Waals surface area contributed by atoms with E-state index in [1.54, 1.807) is 31.3 Å². The van der Waals surface area contributed by atoms with E-state index in [4.69, 9.17) is 4.74 Å². The van der Waals surface area contributed by atoms with Crippen molar-refractivity contribution in [3.63, 3.8) is 0 Å². The van der Waals surface area contributed by atoms with Gasteiger partial charge in [-0.3, -0.25) is 9.59 Å². The van der Waals surface area contributed by atoms with Gasteiger partial charge in [0.1, 0.15) is 11.3 Å². The van der Waals surface area contributed by atoms with Gasteiger partial charge in [-0.1, -0.05) is 31.4 Å². The van der Waals surface area contributed by atoms with Crippen molar-refractivity contribution < 1.29 is 19.1 Å². The van der Waals surface area contributed by atoms with Crippen molar-refractivity contribution >= 4 is 29.4 Å². The largest absolute Gasteiger partial charge is 0.449 e. The molecule has 1 aromatic carbocycles. The zero-order valence-corrected chi connectivity index (χ0v) is 17.4. The van der Waals surface area contributed by atoms with E-state index in [1.165, 1.54) is 30.5 Å². The lowest BCUT2D eigenvalue weighted by molar-refractivity contribution is -0.143. The molecule has 1 aliphatic rings. The minimum Gasteiger partial charge on any atom is -0.449 e. The second-order valence-corrected chi connectivity index (χ2v) is 8.15. The summed E-state index contributed by atoms with van der Waals surface area (Å²) in [6.07, 6.45) is 3.13. The number of hydrogen-bond acceptors (Lipinski definition) is 6. The summed E-state index contributed by atoms with van der Waals surface area (Å²) >= 11 is 1.26. The standard InChI is InChI=1S/C21H26N2O4S/c1-15(24)13-28-18-10-6-5-9-17(18)20(26)27-16(2)19(25)23(3)21(14-22)11-7-4-8-12-21/h5-6,9-10,16H,4,7-8,11-13H2,1-3H3/t16-/m1/s1. The van der Waals surface area contributed by atoms with Crippen LogP contribution in [-0.2, 0) is 14.3 Å². The summed E-state index contributed by atoms with van der Waals surface area (Å²) in [6.45, 7) is 3.01. The van der Waals surface area contributed by atoms with Gasteiger partial charge in [0.05, 0.1) is 17.4 Å². The van der Waals surface area contributed by atoms with E-state index in [2.05, 4.69) is 6.07 Å². The lowest BCUT2D eigenvalue weighted by atomic mass is 9.81. The quantitative estimate of drug-likeness (QED) is 0.511. The van der Waals surface area contributed by atoms with Crippen LogP contribution in [0.25, 0.3) is 0 Å². The molecule has 7 heteroatoms. The molecule has 0 N–H and O–H groups in total. The fraction of sp³-hybridized carbons (Fsp3) is 0.524. The first-order valence-electron chi connectivity index (χ1n) is 9.42. The molecular weight excluding hydrogens is 376 g/mol. The number of rotatable bonds is 7. The lowest BCUT2D eigenvalue weighted by Gasteiger charge is -2.39. The van der Waals surface area contributed by atoms with E-state index < -0.39 is 17.6 Å². The van der Waals surface area contributed by atoms with Gasteiger partial charge in [-0.15, -0.1) is 11.8 Å². The Kier molecular flexibility index (Phi) is 7.64. The number of carbonyl (C=O) groups excluding carboxylic acids is 3. The molecule has 1 aromatic rings. The number of carbonyl (C=O) groups is 3. The predicted octanol–water partition coefficient (Wildman–Crippen LogP) is 3.60. The zero-order valence-electron chi connectivity index (χ0n) is 16.6. The van der Waals surface area contributed by atoms with E-state index in [0.717, 1.165) is 19.3 Å². The average molecular weight is 403 g/mol. The summed E-state index contributed by atoms with van der Waals surface area (Å²) < 4.78 is 5.41. The number of Topliss-reactive ketones (excluding diaryl/α,β-unsaturated/α-hetero) is 1. The maximum Gasteiger partial charge on any atom is 0.340 e. The van der Waals surface area contributed by atoms with Crippen molar-refractivity contribution in [2.45, 2.75) is 62.5 Å². The van der Waals surface area contributed by atoms with Gasteiger partial charge in [0, 0.05) is 11.9 Å². The van der Waals surface area contributed by atoms with Crippen LogP contribution in [0, 0.1) is 11.3 Å². The van der Waals surface area contributed by atoms with Gasteiger partial charge < -0.3 is 9.64 Å². The van der Waals surface area contributed by atoms with Crippen LogP contribution < -0.4 is 0 Å². The lowest BCUT2D eigenvalue weighted by Crippen LogP contribution is -2.53. The van der Waals surface area contributed by atoms with Crippen molar-refractivity contribution in [3.05, 3.63) is 29.8 Å². The number of amides is 1. The number of nitriles is 1. The van der Waals surface area contributed by atoms with Crippen molar-refractivity contribution in [1.29, 1.82) is 5.26 Å². The summed E-state index contributed by atoms with van der Waals surface area (Å²) in [4.78, 5) is 38.8. The third kappa shape index (κ3) is 5.14. The maximum absolute atomic E-state index is 12.8. The summed E-state index contributed by atoms with van der Waals surface area (Å²) in [5.41, 5.74) is -0.505. The fourth-order valence-corrected chi connectivity index (χ4v) is 4.20. The Morgan fingerprint density at radius 1 is 1.25 bits per heavy atom. The number of likely N-dealkylation sites (N-methyl/N-ethyl adjacent to an activating group) is 1. The number of nitrogens with zero attached hydrogens (tertiary/aromatic N) is 2. The van der Waals surface area contributed by atoms with Crippen LogP contribution in [0.4, 0.5) is 0 Å². The summed E-state index contributed by atoms with van der Waals surface area (Å²) in [5, 5.41) is 9.66. The number of thioether (sulfide) groups is 1. The topological polar surface area (TPSA) is 87.5 Å². The normalized spacial score (nSPS) is 16.5. The predicted molar refractivity (Wildman–Crippen MR) is 107 cm³/mol. The minimum atomic E-state index is -1.00. The third-order valence-electron chi connectivity index (χ3n) is 5.03.